The van der Waals surface area contributed by atoms with E-state index in [1.165, 1.54) is 50.5 Å². The van der Waals surface area contributed by atoms with E-state index in [-0.39, 0.29) is 5.57 Å². The summed E-state index contributed by atoms with van der Waals surface area (Å²) in [4.78, 5) is 0. The Bertz CT molecular complexity index is 1280. The molecule has 2 nitrogen and oxygen atoms in total. The van der Waals surface area contributed by atoms with Crippen LogP contribution < -0.4 is 0 Å². The van der Waals surface area contributed by atoms with Crippen molar-refractivity contribution in [2.45, 2.75) is 96.4 Å². The first-order chi connectivity index (χ1) is 21.1. The summed E-state index contributed by atoms with van der Waals surface area (Å²) >= 11 is 0. The number of unbranched alkanes of at least 4 members (excludes halogenated alkanes) is 9. The fraction of sp³-hybridized carbons (Fsp3) is 0.436. The van der Waals surface area contributed by atoms with E-state index in [1.807, 2.05) is 49.4 Å². The molecule has 0 fully saturated rings. The number of benzene rings is 3. The van der Waals surface area contributed by atoms with Crippen molar-refractivity contribution in [1.29, 1.82) is 0 Å². The summed E-state index contributed by atoms with van der Waals surface area (Å²) in [5, 5.41) is 0. The Morgan fingerprint density at radius 1 is 0.558 bits per heavy atom. The fourth-order valence-corrected chi connectivity index (χ4v) is 5.61. The summed E-state index contributed by atoms with van der Waals surface area (Å²) in [6, 6.07) is 26.2. The smallest absolute Gasteiger partial charge is 0.227 e. The lowest BCUT2D eigenvalue weighted by molar-refractivity contribution is -0.234. The first kappa shape index (κ1) is 32.8. The molecule has 0 saturated heterocycles. The topological polar surface area (TPSA) is 18.5 Å². The first-order valence-corrected chi connectivity index (χ1v) is 16.3. The van der Waals surface area contributed by atoms with Crippen LogP contribution in [0.25, 0.3) is 27.8 Å². The van der Waals surface area contributed by atoms with Crippen LogP contribution in [0.4, 0.5) is 8.78 Å². The zero-order valence-electron chi connectivity index (χ0n) is 26.0. The highest BCUT2D eigenvalue weighted by molar-refractivity contribution is 5.79. The second kappa shape index (κ2) is 17.3. The molecule has 2 unspecified atom stereocenters. The van der Waals surface area contributed by atoms with Gasteiger partial charge in [-0.15, -0.1) is 0 Å². The van der Waals surface area contributed by atoms with E-state index < -0.39 is 17.8 Å². The molecule has 0 saturated carbocycles. The van der Waals surface area contributed by atoms with Crippen molar-refractivity contribution < 1.29 is 18.3 Å². The van der Waals surface area contributed by atoms with Crippen LogP contribution in [-0.4, -0.2) is 25.2 Å². The average molecular weight is 587 g/mol. The predicted octanol–water partition coefficient (Wildman–Crippen LogP) is 11.7. The maximum absolute atomic E-state index is 15.7. The van der Waals surface area contributed by atoms with E-state index in [0.717, 1.165) is 36.0 Å². The van der Waals surface area contributed by atoms with Crippen molar-refractivity contribution in [3.63, 3.8) is 0 Å². The number of alkyl halides is 1. The molecule has 3 aromatic rings. The van der Waals surface area contributed by atoms with E-state index in [9.17, 15) is 0 Å². The van der Waals surface area contributed by atoms with Crippen LogP contribution in [0.1, 0.15) is 90.0 Å². The van der Waals surface area contributed by atoms with Crippen molar-refractivity contribution in [2.75, 3.05) is 13.2 Å². The van der Waals surface area contributed by atoms with Gasteiger partial charge in [-0.1, -0.05) is 157 Å². The minimum atomic E-state index is -2.02. The monoisotopic (exact) mass is 586 g/mol. The number of ether oxygens (including phenoxy) is 2. The molecule has 3 aromatic carbocycles. The van der Waals surface area contributed by atoms with Gasteiger partial charge in [0.2, 0.25) is 12.0 Å². The van der Waals surface area contributed by atoms with Gasteiger partial charge in [0.25, 0.3) is 0 Å². The molecule has 0 aromatic heterocycles. The molecule has 0 radical (unpaired) electrons. The van der Waals surface area contributed by atoms with E-state index >= 15 is 8.78 Å². The third-order valence-corrected chi connectivity index (χ3v) is 8.19. The van der Waals surface area contributed by atoms with Gasteiger partial charge in [0.15, 0.2) is 0 Å². The first-order valence-electron chi connectivity index (χ1n) is 16.3. The number of rotatable bonds is 18. The Morgan fingerprint density at radius 3 is 1.56 bits per heavy atom. The third-order valence-electron chi connectivity index (χ3n) is 8.19. The van der Waals surface area contributed by atoms with Crippen molar-refractivity contribution >= 4 is 5.57 Å². The van der Waals surface area contributed by atoms with Gasteiger partial charge in [0.1, 0.15) is 5.83 Å². The van der Waals surface area contributed by atoms with E-state index in [1.54, 1.807) is 12.2 Å². The summed E-state index contributed by atoms with van der Waals surface area (Å²) < 4.78 is 43.2. The van der Waals surface area contributed by atoms with Crippen LogP contribution in [-0.2, 0) is 9.47 Å². The molecule has 1 aliphatic carbocycles. The Morgan fingerprint density at radius 2 is 1.02 bits per heavy atom. The van der Waals surface area contributed by atoms with E-state index in [0.29, 0.717) is 25.2 Å². The van der Waals surface area contributed by atoms with Gasteiger partial charge >= 0.3 is 0 Å². The van der Waals surface area contributed by atoms with Crippen molar-refractivity contribution in [2.24, 2.45) is 0 Å². The molecule has 1 aliphatic rings. The molecule has 0 amide bonds. The standard InChI is InChI=1S/C39H48F2O2/c1-3-5-6-7-8-9-10-11-12-16-30-43-39(42-29-4-2)28-27-36(37(40)38(39)41)35-25-23-34(24-26-35)33-21-19-32(20-22-33)31-17-14-13-15-18-31/h13-15,17-28,38H,3-12,16,29-30H2,1-2H3. The Labute approximate surface area is 257 Å². The van der Waals surface area contributed by atoms with Gasteiger partial charge < -0.3 is 9.47 Å². The molecule has 0 spiro atoms. The number of halogens is 2. The van der Waals surface area contributed by atoms with Gasteiger partial charge in [-0.05, 0) is 46.7 Å². The highest BCUT2D eigenvalue weighted by Crippen LogP contribution is 2.39. The number of allylic oxidation sites excluding steroid dienone is 2. The SMILES string of the molecule is CCCCCCCCCCCCOC1(OCCC)C=CC(c2ccc(-c3ccc(-c4ccccc4)cc3)cc2)=C(F)C1F. The van der Waals surface area contributed by atoms with Crippen LogP contribution in [0.5, 0.6) is 0 Å². The molecule has 0 N–H and O–H groups in total. The molecule has 230 valence electrons. The summed E-state index contributed by atoms with van der Waals surface area (Å²) in [7, 11) is 0. The van der Waals surface area contributed by atoms with Crippen LogP contribution in [0, 0.1) is 0 Å². The Hall–Kier alpha value is -3.08. The molecule has 0 heterocycles. The molecule has 43 heavy (non-hydrogen) atoms. The van der Waals surface area contributed by atoms with Gasteiger partial charge in [0.05, 0.1) is 13.2 Å². The van der Waals surface area contributed by atoms with Crippen molar-refractivity contribution in [3.05, 3.63) is 102 Å². The zero-order chi connectivity index (χ0) is 30.3. The fourth-order valence-electron chi connectivity index (χ4n) is 5.61. The third kappa shape index (κ3) is 9.20. The zero-order valence-corrected chi connectivity index (χ0v) is 26.0. The van der Waals surface area contributed by atoms with Crippen molar-refractivity contribution in [1.82, 2.24) is 0 Å². The van der Waals surface area contributed by atoms with Crippen molar-refractivity contribution in [3.8, 4) is 22.3 Å². The average Bonchev–Trinajstić information content (AvgIpc) is 3.05. The summed E-state index contributed by atoms with van der Waals surface area (Å²) in [6.07, 6.45) is 13.9. The molecule has 2 atom stereocenters. The summed E-state index contributed by atoms with van der Waals surface area (Å²) in [6.45, 7) is 4.82. The lowest BCUT2D eigenvalue weighted by Crippen LogP contribution is -2.46. The van der Waals surface area contributed by atoms with Gasteiger partial charge in [-0.25, -0.2) is 8.78 Å². The molecule has 4 rings (SSSR count). The minimum absolute atomic E-state index is 0.233. The number of hydrogen-bond donors (Lipinski definition) is 0. The molecule has 0 bridgehead atoms. The van der Waals surface area contributed by atoms with Gasteiger partial charge in [-0.3, -0.25) is 0 Å². The summed E-state index contributed by atoms with van der Waals surface area (Å²) in [5.41, 5.74) is 5.26. The van der Waals surface area contributed by atoms with Gasteiger partial charge in [-0.2, -0.15) is 0 Å². The lowest BCUT2D eigenvalue weighted by atomic mass is 9.92. The predicted molar refractivity (Wildman–Crippen MR) is 176 cm³/mol. The highest BCUT2D eigenvalue weighted by atomic mass is 19.2. The molecule has 0 aliphatic heterocycles. The van der Waals surface area contributed by atoms with Crippen LogP contribution in [0.2, 0.25) is 0 Å². The molecular weight excluding hydrogens is 538 g/mol. The normalized spacial score (nSPS) is 18.4. The lowest BCUT2D eigenvalue weighted by Gasteiger charge is -2.36. The quantitative estimate of drug-likeness (QED) is 0.109. The maximum atomic E-state index is 15.7. The Balaban J connectivity index is 1.33. The van der Waals surface area contributed by atoms with Gasteiger partial charge in [0, 0.05) is 5.57 Å². The Kier molecular flexibility index (Phi) is 13.2. The maximum Gasteiger partial charge on any atom is 0.227 e. The minimum Gasteiger partial charge on any atom is -0.344 e. The van der Waals surface area contributed by atoms with E-state index in [4.69, 9.17) is 9.47 Å². The van der Waals surface area contributed by atoms with Crippen LogP contribution in [0.15, 0.2) is 96.8 Å². The number of hydrogen-bond acceptors (Lipinski definition) is 2. The second-order valence-corrected chi connectivity index (χ2v) is 11.6. The molecular formula is C39H48F2O2. The van der Waals surface area contributed by atoms with Crippen LogP contribution in [0.3, 0.4) is 0 Å². The molecule has 4 heteroatoms. The highest BCUT2D eigenvalue weighted by Gasteiger charge is 2.45. The van der Waals surface area contributed by atoms with Crippen LogP contribution >= 0.6 is 0 Å². The van der Waals surface area contributed by atoms with E-state index in [2.05, 4.69) is 43.3 Å². The largest absolute Gasteiger partial charge is 0.344 e. The summed E-state index contributed by atoms with van der Waals surface area (Å²) in [5.74, 6) is -2.56. The second-order valence-electron chi connectivity index (χ2n) is 11.6.